The van der Waals surface area contributed by atoms with Crippen LogP contribution in [0.3, 0.4) is 0 Å². The zero-order chi connectivity index (χ0) is 11.5. The Balaban J connectivity index is 2.34. The highest BCUT2D eigenvalue weighted by atomic mass is 79.9. The van der Waals surface area contributed by atoms with Crippen molar-refractivity contribution in [2.45, 2.75) is 0 Å². The molecule has 1 heterocycles. The first-order valence-corrected chi connectivity index (χ1v) is 6.08. The van der Waals surface area contributed by atoms with E-state index in [1.54, 1.807) is 30.6 Å². The Hall–Kier alpha value is -1.07. The third kappa shape index (κ3) is 2.54. The van der Waals surface area contributed by atoms with Gasteiger partial charge in [0, 0.05) is 30.2 Å². The second kappa shape index (κ2) is 4.84. The number of nitrogens with two attached hydrogens (primary N) is 1. The highest BCUT2D eigenvalue weighted by molar-refractivity contribution is 9.11. The number of hydrogen-bond acceptors (Lipinski definition) is 3. The summed E-state index contributed by atoms with van der Waals surface area (Å²) in [6.45, 7) is 0. The van der Waals surface area contributed by atoms with Crippen LogP contribution in [0.15, 0.2) is 45.6 Å². The van der Waals surface area contributed by atoms with E-state index in [2.05, 4.69) is 36.8 Å². The van der Waals surface area contributed by atoms with Crippen LogP contribution in [0.1, 0.15) is 0 Å². The summed E-state index contributed by atoms with van der Waals surface area (Å²) in [5, 5.41) is 0. The van der Waals surface area contributed by atoms with Crippen molar-refractivity contribution >= 4 is 37.5 Å². The fraction of sp³-hybridized carbons (Fsp3) is 0. The summed E-state index contributed by atoms with van der Waals surface area (Å²) in [5.74, 6) is 1.37. The zero-order valence-corrected chi connectivity index (χ0v) is 11.3. The van der Waals surface area contributed by atoms with Gasteiger partial charge in [-0.05, 0) is 44.0 Å². The van der Waals surface area contributed by atoms with Crippen molar-refractivity contribution < 1.29 is 4.74 Å². The molecule has 0 saturated carbocycles. The van der Waals surface area contributed by atoms with Gasteiger partial charge in [0.05, 0.1) is 8.95 Å². The molecule has 0 atom stereocenters. The maximum Gasteiger partial charge on any atom is 0.144 e. The third-order valence-corrected chi connectivity index (χ3v) is 3.16. The van der Waals surface area contributed by atoms with Gasteiger partial charge < -0.3 is 10.5 Å². The van der Waals surface area contributed by atoms with Crippen molar-refractivity contribution in [2.75, 3.05) is 5.73 Å². The SMILES string of the molecule is Nc1ccc(Br)c(Oc2ccncc2Br)c1. The fourth-order valence-corrected chi connectivity index (χ4v) is 1.82. The van der Waals surface area contributed by atoms with Gasteiger partial charge in [-0.2, -0.15) is 0 Å². The van der Waals surface area contributed by atoms with E-state index in [-0.39, 0.29) is 0 Å². The first kappa shape index (κ1) is 11.4. The van der Waals surface area contributed by atoms with Crippen molar-refractivity contribution in [3.8, 4) is 11.5 Å². The minimum absolute atomic E-state index is 0.656. The molecule has 0 radical (unpaired) electrons. The molecule has 82 valence electrons. The van der Waals surface area contributed by atoms with E-state index in [1.165, 1.54) is 0 Å². The van der Waals surface area contributed by atoms with Gasteiger partial charge >= 0.3 is 0 Å². The van der Waals surface area contributed by atoms with Crippen LogP contribution in [0.2, 0.25) is 0 Å². The van der Waals surface area contributed by atoms with Gasteiger partial charge in [0.1, 0.15) is 11.5 Å². The number of rotatable bonds is 2. The number of hydrogen-bond donors (Lipinski definition) is 1. The van der Waals surface area contributed by atoms with Crippen molar-refractivity contribution in [2.24, 2.45) is 0 Å². The van der Waals surface area contributed by atoms with Crippen LogP contribution < -0.4 is 10.5 Å². The van der Waals surface area contributed by atoms with E-state index in [4.69, 9.17) is 10.5 Å². The molecule has 0 fully saturated rings. The van der Waals surface area contributed by atoms with E-state index in [1.807, 2.05) is 6.07 Å². The van der Waals surface area contributed by atoms with E-state index in [0.29, 0.717) is 17.2 Å². The first-order valence-electron chi connectivity index (χ1n) is 4.49. The Labute approximate surface area is 110 Å². The van der Waals surface area contributed by atoms with Crippen LogP contribution in [0.4, 0.5) is 5.69 Å². The summed E-state index contributed by atoms with van der Waals surface area (Å²) >= 11 is 6.76. The molecule has 0 aliphatic heterocycles. The number of pyridine rings is 1. The van der Waals surface area contributed by atoms with Gasteiger partial charge in [0.15, 0.2) is 0 Å². The van der Waals surface area contributed by atoms with Gasteiger partial charge in [0.2, 0.25) is 0 Å². The summed E-state index contributed by atoms with van der Waals surface area (Å²) in [6.07, 6.45) is 3.34. The molecule has 2 N–H and O–H groups in total. The zero-order valence-electron chi connectivity index (χ0n) is 8.15. The maximum absolute atomic E-state index is 5.71. The van der Waals surface area contributed by atoms with Crippen molar-refractivity contribution in [1.82, 2.24) is 4.98 Å². The fourth-order valence-electron chi connectivity index (χ4n) is 1.16. The molecule has 2 rings (SSSR count). The quantitative estimate of drug-likeness (QED) is 0.839. The van der Waals surface area contributed by atoms with Crippen molar-refractivity contribution in [3.05, 3.63) is 45.6 Å². The number of ether oxygens (including phenoxy) is 1. The Morgan fingerprint density at radius 1 is 1.06 bits per heavy atom. The van der Waals surface area contributed by atoms with Crippen LogP contribution in [0.25, 0.3) is 0 Å². The second-order valence-corrected chi connectivity index (χ2v) is 4.81. The van der Waals surface area contributed by atoms with Crippen LogP contribution in [0, 0.1) is 0 Å². The second-order valence-electron chi connectivity index (χ2n) is 3.10. The molecule has 0 aliphatic carbocycles. The molecule has 2 aromatic rings. The largest absolute Gasteiger partial charge is 0.455 e. The van der Waals surface area contributed by atoms with Gasteiger partial charge in [-0.3, -0.25) is 4.98 Å². The minimum atomic E-state index is 0.656. The number of nitrogens with zero attached hydrogens (tertiary/aromatic N) is 1. The number of anilines is 1. The predicted octanol–water partition coefficient (Wildman–Crippen LogP) is 3.98. The van der Waals surface area contributed by atoms with Gasteiger partial charge in [0.25, 0.3) is 0 Å². The molecule has 5 heteroatoms. The molecule has 0 bridgehead atoms. The summed E-state index contributed by atoms with van der Waals surface area (Å²) in [6, 6.07) is 7.19. The average Bonchev–Trinajstić information content (AvgIpc) is 2.27. The van der Waals surface area contributed by atoms with E-state index in [9.17, 15) is 0 Å². The minimum Gasteiger partial charge on any atom is -0.455 e. The molecule has 0 spiro atoms. The average molecular weight is 344 g/mol. The van der Waals surface area contributed by atoms with Crippen molar-refractivity contribution in [1.29, 1.82) is 0 Å². The lowest BCUT2D eigenvalue weighted by Gasteiger charge is -2.09. The van der Waals surface area contributed by atoms with E-state index >= 15 is 0 Å². The highest BCUT2D eigenvalue weighted by Gasteiger charge is 2.06. The lowest BCUT2D eigenvalue weighted by atomic mass is 10.3. The van der Waals surface area contributed by atoms with Crippen LogP contribution >= 0.6 is 31.9 Å². The van der Waals surface area contributed by atoms with Crippen LogP contribution in [-0.2, 0) is 0 Å². The number of benzene rings is 1. The smallest absolute Gasteiger partial charge is 0.144 e. The Morgan fingerprint density at radius 2 is 1.88 bits per heavy atom. The molecule has 1 aromatic carbocycles. The summed E-state index contributed by atoms with van der Waals surface area (Å²) in [4.78, 5) is 3.96. The monoisotopic (exact) mass is 342 g/mol. The van der Waals surface area contributed by atoms with E-state index < -0.39 is 0 Å². The third-order valence-electron chi connectivity index (χ3n) is 1.91. The Morgan fingerprint density at radius 3 is 2.62 bits per heavy atom. The summed E-state index contributed by atoms with van der Waals surface area (Å²) in [5.41, 5.74) is 6.35. The topological polar surface area (TPSA) is 48.1 Å². The lowest BCUT2D eigenvalue weighted by Crippen LogP contribution is -1.90. The molecular weight excluding hydrogens is 336 g/mol. The van der Waals surface area contributed by atoms with Crippen LogP contribution in [0.5, 0.6) is 11.5 Å². The number of halogens is 2. The summed E-state index contributed by atoms with van der Waals surface area (Å²) < 4.78 is 7.35. The van der Waals surface area contributed by atoms with Crippen LogP contribution in [-0.4, -0.2) is 4.98 Å². The molecule has 1 aromatic heterocycles. The molecular formula is C11H8Br2N2O. The van der Waals surface area contributed by atoms with Gasteiger partial charge in [-0.1, -0.05) is 0 Å². The standard InChI is InChI=1S/C11H8Br2N2O/c12-8-2-1-7(14)5-11(8)16-10-3-4-15-6-9(10)13/h1-6H,14H2. The molecule has 0 aliphatic rings. The van der Waals surface area contributed by atoms with Crippen molar-refractivity contribution in [3.63, 3.8) is 0 Å². The first-order chi connectivity index (χ1) is 7.66. The molecule has 16 heavy (non-hydrogen) atoms. The number of aromatic nitrogens is 1. The van der Waals surface area contributed by atoms with Gasteiger partial charge in [-0.15, -0.1) is 0 Å². The van der Waals surface area contributed by atoms with Gasteiger partial charge in [-0.25, -0.2) is 0 Å². The predicted molar refractivity (Wildman–Crippen MR) is 70.6 cm³/mol. The molecule has 0 amide bonds. The maximum atomic E-state index is 5.71. The molecule has 0 unspecified atom stereocenters. The number of nitrogen functional groups attached to an aromatic ring is 1. The molecule has 0 saturated heterocycles. The normalized spacial score (nSPS) is 10.1. The Kier molecular flexibility index (Phi) is 3.46. The highest BCUT2D eigenvalue weighted by Crippen LogP contribution is 2.34. The summed E-state index contributed by atoms with van der Waals surface area (Å²) in [7, 11) is 0. The Bertz CT molecular complexity index is 517. The lowest BCUT2D eigenvalue weighted by molar-refractivity contribution is 0.476. The molecule has 3 nitrogen and oxygen atoms in total. The van der Waals surface area contributed by atoms with E-state index in [0.717, 1.165) is 8.95 Å².